The normalized spacial score (nSPS) is 13.1. The van der Waals surface area contributed by atoms with Gasteiger partial charge in [0, 0.05) is 11.9 Å². The molecular formula is C15H20N4S2. The maximum absolute atomic E-state index is 5.61. The number of aromatic amines is 1. The molecule has 112 valence electrons. The third-order valence-electron chi connectivity index (χ3n) is 3.85. The van der Waals surface area contributed by atoms with Crippen LogP contribution in [0.2, 0.25) is 0 Å². The summed E-state index contributed by atoms with van der Waals surface area (Å²) in [4.78, 5) is 4.72. The Labute approximate surface area is 133 Å². The topological polar surface area (TPSA) is 38.5 Å². The van der Waals surface area contributed by atoms with Crippen LogP contribution in [0.3, 0.4) is 0 Å². The molecule has 3 rings (SSSR count). The predicted octanol–water partition coefficient (Wildman–Crippen LogP) is 4.45. The van der Waals surface area contributed by atoms with Gasteiger partial charge in [0.05, 0.1) is 11.7 Å². The smallest absolute Gasteiger partial charge is 0.179 e. The van der Waals surface area contributed by atoms with Crippen molar-refractivity contribution in [2.24, 2.45) is 7.05 Å². The summed E-state index contributed by atoms with van der Waals surface area (Å²) in [6, 6.07) is 4.59. The van der Waals surface area contributed by atoms with Gasteiger partial charge in [-0.2, -0.15) is 5.10 Å². The lowest BCUT2D eigenvalue weighted by Gasteiger charge is -2.17. The van der Waals surface area contributed by atoms with Gasteiger partial charge in [0.2, 0.25) is 0 Å². The molecule has 21 heavy (non-hydrogen) atoms. The molecule has 0 radical (unpaired) electrons. The first-order valence-corrected chi connectivity index (χ1v) is 8.65. The quantitative estimate of drug-likeness (QED) is 0.706. The van der Waals surface area contributed by atoms with Gasteiger partial charge in [-0.1, -0.05) is 26.3 Å². The second kappa shape index (κ2) is 5.77. The molecule has 1 N–H and O–H groups in total. The fourth-order valence-corrected chi connectivity index (χ4v) is 4.09. The predicted molar refractivity (Wildman–Crippen MR) is 90.6 cm³/mol. The number of rotatable bonds is 5. The van der Waals surface area contributed by atoms with Crippen molar-refractivity contribution >= 4 is 34.7 Å². The highest BCUT2D eigenvalue weighted by Crippen LogP contribution is 2.31. The van der Waals surface area contributed by atoms with Gasteiger partial charge in [0.25, 0.3) is 0 Å². The number of hydrogen-bond acceptors (Lipinski definition) is 3. The van der Waals surface area contributed by atoms with Crippen LogP contribution in [-0.2, 0) is 13.5 Å². The second-order valence-electron chi connectivity index (χ2n) is 5.24. The summed E-state index contributed by atoms with van der Waals surface area (Å²) >= 11 is 7.40. The molecule has 1 unspecified atom stereocenters. The Bertz CT molecular complexity index is 792. The first-order valence-electron chi connectivity index (χ1n) is 7.36. The number of fused-ring (bicyclic) bond motifs is 1. The van der Waals surface area contributed by atoms with Gasteiger partial charge in [-0.15, -0.1) is 11.3 Å². The Balaban J connectivity index is 2.24. The van der Waals surface area contributed by atoms with E-state index in [0.717, 1.165) is 40.9 Å². The summed E-state index contributed by atoms with van der Waals surface area (Å²) in [5.74, 6) is 0. The highest BCUT2D eigenvalue weighted by atomic mass is 32.1. The molecule has 0 bridgehead atoms. The van der Waals surface area contributed by atoms with Crippen molar-refractivity contribution in [1.82, 2.24) is 19.3 Å². The van der Waals surface area contributed by atoms with Crippen LogP contribution in [0, 0.1) is 4.77 Å². The van der Waals surface area contributed by atoms with Gasteiger partial charge >= 0.3 is 0 Å². The van der Waals surface area contributed by atoms with E-state index in [-0.39, 0.29) is 6.04 Å². The van der Waals surface area contributed by atoms with Gasteiger partial charge in [-0.3, -0.25) is 9.25 Å². The first-order chi connectivity index (χ1) is 10.2. The maximum atomic E-state index is 5.61. The van der Waals surface area contributed by atoms with Crippen molar-refractivity contribution in [3.05, 3.63) is 32.9 Å². The Kier molecular flexibility index (Phi) is 3.99. The summed E-state index contributed by atoms with van der Waals surface area (Å²) in [5.41, 5.74) is 3.27. The van der Waals surface area contributed by atoms with Crippen LogP contribution < -0.4 is 0 Å². The standard InChI is InChI=1S/C15H20N4S2/c1-4-7-11(12-8-6-9-21-12)19-14-13(16-15(19)20)10(5-2)17-18(14)3/h6,8-9,11H,4-5,7H2,1-3H3,(H,16,20). The zero-order valence-electron chi connectivity index (χ0n) is 12.6. The minimum atomic E-state index is 0.288. The van der Waals surface area contributed by atoms with E-state index < -0.39 is 0 Å². The summed E-state index contributed by atoms with van der Waals surface area (Å²) in [7, 11) is 2.00. The fourth-order valence-electron chi connectivity index (χ4n) is 2.93. The molecule has 0 saturated heterocycles. The van der Waals surface area contributed by atoms with E-state index in [0.29, 0.717) is 0 Å². The monoisotopic (exact) mass is 320 g/mol. The highest BCUT2D eigenvalue weighted by Gasteiger charge is 2.22. The molecule has 4 nitrogen and oxygen atoms in total. The third-order valence-corrected chi connectivity index (χ3v) is 5.12. The van der Waals surface area contributed by atoms with Crippen molar-refractivity contribution in [2.45, 2.75) is 39.2 Å². The lowest BCUT2D eigenvalue weighted by atomic mass is 10.1. The van der Waals surface area contributed by atoms with Crippen LogP contribution >= 0.6 is 23.6 Å². The molecule has 6 heteroatoms. The molecule has 0 aliphatic rings. The molecule has 0 aliphatic heterocycles. The fraction of sp³-hybridized carbons (Fsp3) is 0.467. The lowest BCUT2D eigenvalue weighted by molar-refractivity contribution is 0.536. The first kappa shape index (κ1) is 14.5. The molecule has 0 aromatic carbocycles. The van der Waals surface area contributed by atoms with E-state index in [1.807, 2.05) is 11.7 Å². The average molecular weight is 320 g/mol. The number of hydrogen-bond donors (Lipinski definition) is 1. The zero-order chi connectivity index (χ0) is 15.0. The molecule has 0 amide bonds. The number of aromatic nitrogens is 4. The van der Waals surface area contributed by atoms with Crippen molar-refractivity contribution in [1.29, 1.82) is 0 Å². The Morgan fingerprint density at radius 3 is 2.86 bits per heavy atom. The Morgan fingerprint density at radius 2 is 2.24 bits per heavy atom. The van der Waals surface area contributed by atoms with Crippen molar-refractivity contribution in [3.63, 3.8) is 0 Å². The number of thiophene rings is 1. The maximum Gasteiger partial charge on any atom is 0.179 e. The molecule has 0 fully saturated rings. The number of H-pyrrole nitrogens is 1. The Morgan fingerprint density at radius 1 is 1.43 bits per heavy atom. The number of aryl methyl sites for hydroxylation is 2. The largest absolute Gasteiger partial charge is 0.328 e. The van der Waals surface area contributed by atoms with Crippen LogP contribution in [-0.4, -0.2) is 19.3 Å². The zero-order valence-corrected chi connectivity index (χ0v) is 14.2. The van der Waals surface area contributed by atoms with Crippen LogP contribution in [0.25, 0.3) is 11.2 Å². The van der Waals surface area contributed by atoms with Crippen LogP contribution in [0.1, 0.15) is 43.3 Å². The van der Waals surface area contributed by atoms with Crippen molar-refractivity contribution < 1.29 is 0 Å². The van der Waals surface area contributed by atoms with Gasteiger partial charge in [0.1, 0.15) is 5.52 Å². The van der Waals surface area contributed by atoms with Crippen molar-refractivity contribution in [2.75, 3.05) is 0 Å². The summed E-state index contributed by atoms with van der Waals surface area (Å²) in [5, 5.41) is 6.75. The van der Waals surface area contributed by atoms with E-state index in [1.54, 1.807) is 11.3 Å². The SMILES string of the molecule is CCCC(c1cccs1)n1c(=S)[nH]c2c(CC)nn(C)c21. The van der Waals surface area contributed by atoms with E-state index >= 15 is 0 Å². The molecule has 0 spiro atoms. The van der Waals surface area contributed by atoms with Gasteiger partial charge < -0.3 is 4.98 Å². The summed E-state index contributed by atoms with van der Waals surface area (Å²) < 4.78 is 4.99. The van der Waals surface area contributed by atoms with Gasteiger partial charge in [0.15, 0.2) is 10.4 Å². The van der Waals surface area contributed by atoms with Crippen LogP contribution in [0.15, 0.2) is 17.5 Å². The van der Waals surface area contributed by atoms with E-state index in [4.69, 9.17) is 12.2 Å². The third kappa shape index (κ3) is 2.36. The summed E-state index contributed by atoms with van der Waals surface area (Å²) in [6.07, 6.45) is 3.11. The number of nitrogens with zero attached hydrogens (tertiary/aromatic N) is 3. The molecule has 3 aromatic rings. The molecule has 0 aliphatic carbocycles. The van der Waals surface area contributed by atoms with Crippen LogP contribution in [0.4, 0.5) is 0 Å². The van der Waals surface area contributed by atoms with Gasteiger partial charge in [-0.05, 0) is 36.5 Å². The second-order valence-corrected chi connectivity index (χ2v) is 6.61. The molecular weight excluding hydrogens is 300 g/mol. The molecule has 1 atom stereocenters. The highest BCUT2D eigenvalue weighted by molar-refractivity contribution is 7.71. The Hall–Kier alpha value is -1.40. The number of nitrogens with one attached hydrogen (secondary N) is 1. The minimum absolute atomic E-state index is 0.288. The molecule has 0 saturated carbocycles. The van der Waals surface area contributed by atoms with E-state index in [2.05, 4.69) is 46.0 Å². The number of imidazole rings is 1. The van der Waals surface area contributed by atoms with E-state index in [1.165, 1.54) is 4.88 Å². The molecule has 3 heterocycles. The average Bonchev–Trinajstić information content (AvgIpc) is 3.15. The lowest BCUT2D eigenvalue weighted by Crippen LogP contribution is -2.11. The molecule has 3 aromatic heterocycles. The minimum Gasteiger partial charge on any atom is -0.328 e. The van der Waals surface area contributed by atoms with Crippen molar-refractivity contribution in [3.8, 4) is 0 Å². The summed E-state index contributed by atoms with van der Waals surface area (Å²) in [6.45, 7) is 4.34. The van der Waals surface area contributed by atoms with E-state index in [9.17, 15) is 0 Å². The van der Waals surface area contributed by atoms with Gasteiger partial charge in [-0.25, -0.2) is 0 Å². The van der Waals surface area contributed by atoms with Crippen LogP contribution in [0.5, 0.6) is 0 Å².